The summed E-state index contributed by atoms with van der Waals surface area (Å²) < 4.78 is 12.8. The predicted octanol–water partition coefficient (Wildman–Crippen LogP) is 2.69. The smallest absolute Gasteiger partial charge is 0.344 e. The second-order valence-corrected chi connectivity index (χ2v) is 6.28. The van der Waals surface area contributed by atoms with Gasteiger partial charge in [0.1, 0.15) is 23.5 Å². The summed E-state index contributed by atoms with van der Waals surface area (Å²) in [6.07, 6.45) is 3.54. The zero-order valence-electron chi connectivity index (χ0n) is 14.4. The number of nitrogens with zero attached hydrogens (tertiary/aromatic N) is 3. The van der Waals surface area contributed by atoms with E-state index in [1.807, 2.05) is 28.8 Å². The maximum Gasteiger partial charge on any atom is 0.344 e. The van der Waals surface area contributed by atoms with Crippen LogP contribution in [0.2, 0.25) is 0 Å². The van der Waals surface area contributed by atoms with E-state index in [2.05, 4.69) is 11.6 Å². The number of aromatic nitrogens is 3. The summed E-state index contributed by atoms with van der Waals surface area (Å²) in [4.78, 5) is 21.9. The van der Waals surface area contributed by atoms with Crippen molar-refractivity contribution in [3.05, 3.63) is 42.5 Å². The van der Waals surface area contributed by atoms with E-state index >= 15 is 0 Å². The van der Waals surface area contributed by atoms with Crippen LogP contribution in [0.25, 0.3) is 22.2 Å². The Bertz CT molecular complexity index is 989. The van der Waals surface area contributed by atoms with Crippen LogP contribution in [0.15, 0.2) is 36.9 Å². The molecule has 0 radical (unpaired) electrons. The predicted molar refractivity (Wildman–Crippen MR) is 98.9 cm³/mol. The molecule has 1 aliphatic rings. The molecule has 1 fully saturated rings. The molecule has 4 rings (SSSR count). The zero-order chi connectivity index (χ0) is 18.1. The topological polar surface area (TPSA) is 92.3 Å². The Kier molecular flexibility index (Phi) is 4.30. The maximum atomic E-state index is 12.6. The summed E-state index contributed by atoms with van der Waals surface area (Å²) in [7, 11) is 0. The number of hydrogen-bond donors (Lipinski definition) is 1. The summed E-state index contributed by atoms with van der Waals surface area (Å²) in [6, 6.07) is 7.52. The van der Waals surface area contributed by atoms with Crippen LogP contribution in [0.4, 0.5) is 5.82 Å². The molecule has 0 saturated carbocycles. The number of nitrogen functional groups attached to an aromatic ring is 1. The van der Waals surface area contributed by atoms with Crippen molar-refractivity contribution in [3.8, 4) is 0 Å². The maximum absolute atomic E-state index is 12.6. The van der Waals surface area contributed by atoms with Crippen molar-refractivity contribution in [1.29, 1.82) is 0 Å². The monoisotopic (exact) mass is 352 g/mol. The number of benzene rings is 1. The third-order valence-electron chi connectivity index (χ3n) is 4.54. The molecule has 1 aromatic carbocycles. The van der Waals surface area contributed by atoms with Crippen LogP contribution in [-0.4, -0.2) is 39.8 Å². The number of anilines is 1. The molecule has 2 N–H and O–H groups in total. The summed E-state index contributed by atoms with van der Waals surface area (Å²) in [5.74, 6) is -0.220. The molecule has 3 aromatic rings. The molecule has 0 unspecified atom stereocenters. The fraction of sp³-hybridized carbons (Fsp3) is 0.316. The molecule has 1 saturated heterocycles. The van der Waals surface area contributed by atoms with Gasteiger partial charge < -0.3 is 19.8 Å². The van der Waals surface area contributed by atoms with Gasteiger partial charge in [-0.05, 0) is 25.0 Å². The first-order chi connectivity index (χ1) is 12.7. The number of hydrogen-bond acceptors (Lipinski definition) is 6. The average Bonchev–Trinajstić information content (AvgIpc) is 3.25. The SMILES string of the molecule is C=CCOC(=O)c1c(N)n(C[C@@H]2CCCO2)c2nc3ccccc3nc12. The van der Waals surface area contributed by atoms with E-state index < -0.39 is 5.97 Å². The summed E-state index contributed by atoms with van der Waals surface area (Å²) in [5, 5.41) is 0. The van der Waals surface area contributed by atoms with E-state index in [1.165, 1.54) is 6.08 Å². The number of esters is 1. The molecule has 0 bridgehead atoms. The second-order valence-electron chi connectivity index (χ2n) is 6.28. The quantitative estimate of drug-likeness (QED) is 0.561. The fourth-order valence-electron chi connectivity index (χ4n) is 3.30. The summed E-state index contributed by atoms with van der Waals surface area (Å²) in [6.45, 7) is 4.95. The Hall–Kier alpha value is -2.93. The van der Waals surface area contributed by atoms with E-state index in [9.17, 15) is 4.79 Å². The number of carbonyl (C=O) groups is 1. The first-order valence-electron chi connectivity index (χ1n) is 8.63. The standard InChI is InChI=1S/C19H20N4O3/c1-2-9-26-19(24)15-16-18(22-14-8-4-3-7-13(14)21-16)23(17(15)20)11-12-6-5-10-25-12/h2-4,7-8,12H,1,5-6,9-11,20H2/t12-/m0/s1. The molecule has 7 heteroatoms. The average molecular weight is 352 g/mol. The van der Waals surface area contributed by atoms with E-state index in [0.29, 0.717) is 29.0 Å². The van der Waals surface area contributed by atoms with Crippen LogP contribution in [0, 0.1) is 0 Å². The van der Waals surface area contributed by atoms with Gasteiger partial charge in [0.25, 0.3) is 0 Å². The van der Waals surface area contributed by atoms with Crippen LogP contribution in [0.3, 0.4) is 0 Å². The molecule has 0 aliphatic carbocycles. The van der Waals surface area contributed by atoms with Gasteiger partial charge in [-0.25, -0.2) is 14.8 Å². The van der Waals surface area contributed by atoms with E-state index in [0.717, 1.165) is 25.0 Å². The molecule has 1 atom stereocenters. The van der Waals surface area contributed by atoms with Crippen molar-refractivity contribution < 1.29 is 14.3 Å². The molecular weight excluding hydrogens is 332 g/mol. The van der Waals surface area contributed by atoms with Crippen LogP contribution in [0.1, 0.15) is 23.2 Å². The van der Waals surface area contributed by atoms with Gasteiger partial charge in [0.05, 0.1) is 23.7 Å². The highest BCUT2D eigenvalue weighted by Crippen LogP contribution is 2.30. The van der Waals surface area contributed by atoms with E-state index in [-0.39, 0.29) is 18.3 Å². The fourth-order valence-corrected chi connectivity index (χ4v) is 3.30. The van der Waals surface area contributed by atoms with Gasteiger partial charge in [-0.15, -0.1) is 0 Å². The highest BCUT2D eigenvalue weighted by molar-refractivity contribution is 6.08. The minimum Gasteiger partial charge on any atom is -0.458 e. The number of nitrogens with two attached hydrogens (primary N) is 1. The minimum absolute atomic E-state index is 0.0539. The van der Waals surface area contributed by atoms with Crippen molar-refractivity contribution in [2.24, 2.45) is 0 Å². The highest BCUT2D eigenvalue weighted by Gasteiger charge is 2.27. The van der Waals surface area contributed by atoms with Gasteiger partial charge in [0, 0.05) is 6.61 Å². The lowest BCUT2D eigenvalue weighted by molar-refractivity contribution is 0.0552. The van der Waals surface area contributed by atoms with Gasteiger partial charge in [0.2, 0.25) is 0 Å². The third-order valence-corrected chi connectivity index (χ3v) is 4.54. The zero-order valence-corrected chi connectivity index (χ0v) is 14.4. The Balaban J connectivity index is 1.90. The van der Waals surface area contributed by atoms with Crippen molar-refractivity contribution in [1.82, 2.24) is 14.5 Å². The van der Waals surface area contributed by atoms with Crippen LogP contribution < -0.4 is 5.73 Å². The molecule has 0 amide bonds. The van der Waals surface area contributed by atoms with Crippen molar-refractivity contribution in [2.75, 3.05) is 18.9 Å². The van der Waals surface area contributed by atoms with E-state index in [1.54, 1.807) is 0 Å². The largest absolute Gasteiger partial charge is 0.458 e. The van der Waals surface area contributed by atoms with Gasteiger partial charge in [-0.1, -0.05) is 24.8 Å². The molecule has 0 spiro atoms. The molecule has 1 aliphatic heterocycles. The number of fused-ring (bicyclic) bond motifs is 2. The van der Waals surface area contributed by atoms with Gasteiger partial charge >= 0.3 is 5.97 Å². The molecule has 26 heavy (non-hydrogen) atoms. The molecular formula is C19H20N4O3. The van der Waals surface area contributed by atoms with Crippen molar-refractivity contribution >= 4 is 34.0 Å². The number of para-hydroxylation sites is 2. The Morgan fingerprint density at radius 3 is 2.85 bits per heavy atom. The summed E-state index contributed by atoms with van der Waals surface area (Å²) in [5.41, 5.74) is 9.05. The number of rotatable bonds is 5. The normalized spacial score (nSPS) is 17.0. The van der Waals surface area contributed by atoms with Crippen LogP contribution >= 0.6 is 0 Å². The molecule has 3 heterocycles. The lowest BCUT2D eigenvalue weighted by Gasteiger charge is -2.13. The van der Waals surface area contributed by atoms with Gasteiger partial charge in [-0.2, -0.15) is 0 Å². The van der Waals surface area contributed by atoms with Gasteiger partial charge in [0.15, 0.2) is 5.65 Å². The number of ether oxygens (including phenoxy) is 2. The van der Waals surface area contributed by atoms with Crippen molar-refractivity contribution in [3.63, 3.8) is 0 Å². The summed E-state index contributed by atoms with van der Waals surface area (Å²) >= 11 is 0. The second kappa shape index (κ2) is 6.76. The lowest BCUT2D eigenvalue weighted by Crippen LogP contribution is -2.17. The highest BCUT2D eigenvalue weighted by atomic mass is 16.5. The van der Waals surface area contributed by atoms with Crippen LogP contribution in [0.5, 0.6) is 0 Å². The number of carbonyl (C=O) groups excluding carboxylic acids is 1. The van der Waals surface area contributed by atoms with Crippen molar-refractivity contribution in [2.45, 2.75) is 25.5 Å². The van der Waals surface area contributed by atoms with Crippen LogP contribution in [-0.2, 0) is 16.0 Å². The Labute approximate surface area is 150 Å². The minimum atomic E-state index is -0.525. The molecule has 7 nitrogen and oxygen atoms in total. The molecule has 2 aromatic heterocycles. The van der Waals surface area contributed by atoms with E-state index in [4.69, 9.17) is 20.2 Å². The lowest BCUT2D eigenvalue weighted by atomic mass is 10.2. The Morgan fingerprint density at radius 2 is 2.15 bits per heavy atom. The van der Waals surface area contributed by atoms with Gasteiger partial charge in [-0.3, -0.25) is 0 Å². The molecule has 134 valence electrons. The third kappa shape index (κ3) is 2.80. The Morgan fingerprint density at radius 1 is 1.38 bits per heavy atom. The first-order valence-corrected chi connectivity index (χ1v) is 8.63. The first kappa shape index (κ1) is 16.5.